The van der Waals surface area contributed by atoms with Gasteiger partial charge in [0.15, 0.2) is 0 Å². The molecule has 1 heterocycles. The fraction of sp³-hybridized carbons (Fsp3) is 0.100. The van der Waals surface area contributed by atoms with Crippen molar-refractivity contribution in [1.82, 2.24) is 0 Å². The second-order valence-electron chi connectivity index (χ2n) is 2.87. The lowest BCUT2D eigenvalue weighted by Crippen LogP contribution is -1.86. The van der Waals surface area contributed by atoms with Crippen LogP contribution < -0.4 is 0 Å². The van der Waals surface area contributed by atoms with Crippen molar-refractivity contribution in [3.63, 3.8) is 0 Å². The van der Waals surface area contributed by atoms with Crippen molar-refractivity contribution >= 4 is 44.0 Å². The molecule has 1 nitrogen and oxygen atoms in total. The van der Waals surface area contributed by atoms with Crippen molar-refractivity contribution in [2.24, 2.45) is 0 Å². The molecule has 0 fully saturated rings. The fourth-order valence-corrected chi connectivity index (χ4v) is 3.14. The Morgan fingerprint density at radius 2 is 2.21 bits per heavy atom. The molecule has 4 heteroatoms. The molecule has 0 spiro atoms. The van der Waals surface area contributed by atoms with E-state index >= 15 is 0 Å². The fourth-order valence-electron chi connectivity index (χ4n) is 1.30. The molecule has 1 aromatic heterocycles. The Hall–Kier alpha value is -0.670. The normalized spacial score (nSPS) is 10.4. The monoisotopic (exact) mass is 317 g/mol. The number of hydrogen-bond donors (Lipinski definition) is 0. The molecule has 0 aliphatic heterocycles. The van der Waals surface area contributed by atoms with Gasteiger partial charge in [0.25, 0.3) is 0 Å². The standard InChI is InChI=1S/C10H5FINS/c11-8-5-9-7(4-10(12)14-9)3-6(8)1-2-13/h3-5H,1H2. The summed E-state index contributed by atoms with van der Waals surface area (Å²) in [7, 11) is 0. The topological polar surface area (TPSA) is 23.8 Å². The third-order valence-electron chi connectivity index (χ3n) is 1.92. The van der Waals surface area contributed by atoms with Gasteiger partial charge in [-0.25, -0.2) is 4.39 Å². The maximum absolute atomic E-state index is 13.4. The lowest BCUT2D eigenvalue weighted by atomic mass is 10.1. The molecule has 0 saturated heterocycles. The molecule has 70 valence electrons. The average Bonchev–Trinajstić information content (AvgIpc) is 2.45. The minimum absolute atomic E-state index is 0.133. The van der Waals surface area contributed by atoms with Crippen LogP contribution in [0.15, 0.2) is 18.2 Å². The summed E-state index contributed by atoms with van der Waals surface area (Å²) in [5, 5.41) is 9.53. The number of hydrogen-bond acceptors (Lipinski definition) is 2. The van der Waals surface area contributed by atoms with Crippen LogP contribution in [0, 0.1) is 20.0 Å². The van der Waals surface area contributed by atoms with Crippen molar-refractivity contribution in [1.29, 1.82) is 5.26 Å². The summed E-state index contributed by atoms with van der Waals surface area (Å²) in [4.78, 5) is 0. The maximum atomic E-state index is 13.4. The first-order chi connectivity index (χ1) is 6.70. The number of thiophene rings is 1. The van der Waals surface area contributed by atoms with Gasteiger partial charge in [-0.05, 0) is 46.2 Å². The van der Waals surface area contributed by atoms with E-state index in [1.54, 1.807) is 17.4 Å². The molecule has 14 heavy (non-hydrogen) atoms. The van der Waals surface area contributed by atoms with Crippen molar-refractivity contribution in [3.05, 3.63) is 32.5 Å². The first kappa shape index (κ1) is 9.87. The van der Waals surface area contributed by atoms with E-state index in [2.05, 4.69) is 22.6 Å². The van der Waals surface area contributed by atoms with Gasteiger partial charge in [-0.15, -0.1) is 11.3 Å². The molecule has 0 saturated carbocycles. The summed E-state index contributed by atoms with van der Waals surface area (Å²) >= 11 is 3.77. The lowest BCUT2D eigenvalue weighted by Gasteiger charge is -1.97. The van der Waals surface area contributed by atoms with E-state index in [1.807, 2.05) is 12.1 Å². The SMILES string of the molecule is N#CCc1cc2cc(I)sc2cc1F. The molecular formula is C10H5FINS. The van der Waals surface area contributed by atoms with Crippen LogP contribution >= 0.6 is 33.9 Å². The van der Waals surface area contributed by atoms with Crippen LogP contribution in [0.1, 0.15) is 5.56 Å². The Morgan fingerprint density at radius 3 is 2.93 bits per heavy atom. The molecule has 2 rings (SSSR count). The molecule has 2 aromatic rings. The highest BCUT2D eigenvalue weighted by Gasteiger charge is 2.06. The summed E-state index contributed by atoms with van der Waals surface area (Å²) in [5.74, 6) is -0.280. The smallest absolute Gasteiger partial charge is 0.128 e. The van der Waals surface area contributed by atoms with E-state index in [1.165, 1.54) is 6.07 Å². The molecule has 0 atom stereocenters. The molecule has 0 bridgehead atoms. The van der Waals surface area contributed by atoms with Gasteiger partial charge in [-0.1, -0.05) is 0 Å². The lowest BCUT2D eigenvalue weighted by molar-refractivity contribution is 0.617. The maximum Gasteiger partial charge on any atom is 0.128 e. The predicted molar refractivity (Wildman–Crippen MR) is 63.8 cm³/mol. The van der Waals surface area contributed by atoms with Gasteiger partial charge in [0.1, 0.15) is 5.82 Å². The number of benzene rings is 1. The Balaban J connectivity index is 2.65. The first-order valence-corrected chi connectivity index (χ1v) is 5.84. The summed E-state index contributed by atoms with van der Waals surface area (Å²) in [5.41, 5.74) is 0.481. The van der Waals surface area contributed by atoms with E-state index < -0.39 is 0 Å². The summed E-state index contributed by atoms with van der Waals surface area (Å²) in [6, 6.07) is 7.22. The van der Waals surface area contributed by atoms with Gasteiger partial charge in [0, 0.05) is 10.3 Å². The van der Waals surface area contributed by atoms with Gasteiger partial charge in [-0.3, -0.25) is 0 Å². The summed E-state index contributed by atoms with van der Waals surface area (Å²) < 4.78 is 15.4. The number of halogens is 2. The van der Waals surface area contributed by atoms with Gasteiger partial charge in [0.2, 0.25) is 0 Å². The Bertz CT molecular complexity index is 527. The van der Waals surface area contributed by atoms with Crippen molar-refractivity contribution in [3.8, 4) is 6.07 Å². The molecule has 0 radical (unpaired) electrons. The highest BCUT2D eigenvalue weighted by atomic mass is 127. The van der Waals surface area contributed by atoms with Crippen LogP contribution in [-0.4, -0.2) is 0 Å². The second kappa shape index (κ2) is 3.83. The zero-order valence-corrected chi connectivity index (χ0v) is 10.0. The predicted octanol–water partition coefficient (Wildman–Crippen LogP) is 3.71. The van der Waals surface area contributed by atoms with E-state index in [4.69, 9.17) is 5.26 Å². The molecule has 1 aromatic carbocycles. The average molecular weight is 317 g/mol. The molecule has 0 N–H and O–H groups in total. The highest BCUT2D eigenvalue weighted by molar-refractivity contribution is 14.1. The number of fused-ring (bicyclic) bond motifs is 1. The van der Waals surface area contributed by atoms with Crippen molar-refractivity contribution in [2.45, 2.75) is 6.42 Å². The second-order valence-corrected chi connectivity index (χ2v) is 5.84. The first-order valence-electron chi connectivity index (χ1n) is 3.95. The van der Waals surface area contributed by atoms with E-state index in [9.17, 15) is 4.39 Å². The van der Waals surface area contributed by atoms with E-state index in [0.29, 0.717) is 5.56 Å². The van der Waals surface area contributed by atoms with Gasteiger partial charge >= 0.3 is 0 Å². The zero-order valence-electron chi connectivity index (χ0n) is 7.05. The Morgan fingerprint density at radius 1 is 1.43 bits per heavy atom. The highest BCUT2D eigenvalue weighted by Crippen LogP contribution is 2.29. The number of rotatable bonds is 1. The van der Waals surface area contributed by atoms with E-state index in [-0.39, 0.29) is 12.2 Å². The quantitative estimate of drug-likeness (QED) is 0.736. The van der Waals surface area contributed by atoms with Gasteiger partial charge in [0.05, 0.1) is 15.4 Å². The summed E-state index contributed by atoms with van der Waals surface area (Å²) in [6.07, 6.45) is 0.133. The van der Waals surface area contributed by atoms with Crippen molar-refractivity contribution < 1.29 is 4.39 Å². The third kappa shape index (κ3) is 1.74. The number of nitriles is 1. The van der Waals surface area contributed by atoms with Crippen LogP contribution in [0.3, 0.4) is 0 Å². The molecule has 0 aliphatic rings. The largest absolute Gasteiger partial charge is 0.207 e. The third-order valence-corrected chi connectivity index (χ3v) is 3.78. The molecule has 0 aliphatic carbocycles. The van der Waals surface area contributed by atoms with Crippen LogP contribution in [0.4, 0.5) is 4.39 Å². The minimum atomic E-state index is -0.280. The Kier molecular flexibility index (Phi) is 2.70. The summed E-state index contributed by atoms with van der Waals surface area (Å²) in [6.45, 7) is 0. The number of nitrogens with zero attached hydrogens (tertiary/aromatic N) is 1. The van der Waals surface area contributed by atoms with E-state index in [0.717, 1.165) is 13.0 Å². The van der Waals surface area contributed by atoms with Crippen LogP contribution in [0.2, 0.25) is 0 Å². The van der Waals surface area contributed by atoms with Crippen LogP contribution in [-0.2, 0) is 6.42 Å². The molecule has 0 unspecified atom stereocenters. The molecule has 0 amide bonds. The minimum Gasteiger partial charge on any atom is -0.207 e. The van der Waals surface area contributed by atoms with Gasteiger partial charge in [-0.2, -0.15) is 5.26 Å². The van der Waals surface area contributed by atoms with Crippen LogP contribution in [0.25, 0.3) is 10.1 Å². The van der Waals surface area contributed by atoms with Gasteiger partial charge < -0.3 is 0 Å². The van der Waals surface area contributed by atoms with Crippen LogP contribution in [0.5, 0.6) is 0 Å². The molecular weight excluding hydrogens is 312 g/mol. The van der Waals surface area contributed by atoms with Crippen molar-refractivity contribution in [2.75, 3.05) is 0 Å². The zero-order chi connectivity index (χ0) is 10.1. The Labute approximate surface area is 98.3 Å².